The number of amides is 1. The third-order valence-corrected chi connectivity index (χ3v) is 5.37. The summed E-state index contributed by atoms with van der Waals surface area (Å²) in [6.45, 7) is 4.86. The molecule has 3 rings (SSSR count). The van der Waals surface area contributed by atoms with Gasteiger partial charge in [-0.1, -0.05) is 29.8 Å². The molecule has 1 amide bonds. The first-order chi connectivity index (χ1) is 11.2. The number of carbonyl (C=O) groups is 1. The number of hydrogen-bond donors (Lipinski definition) is 2. The number of halogens is 2. The Balaban J connectivity index is 0.00000208. The lowest BCUT2D eigenvalue weighted by atomic mass is 9.96. The van der Waals surface area contributed by atoms with Crippen molar-refractivity contribution in [1.82, 2.24) is 15.5 Å². The Morgan fingerprint density at radius 3 is 2.67 bits per heavy atom. The molecule has 4 nitrogen and oxygen atoms in total. The lowest BCUT2D eigenvalue weighted by Crippen LogP contribution is -2.44. The zero-order valence-electron chi connectivity index (χ0n) is 14.0. The van der Waals surface area contributed by atoms with E-state index in [2.05, 4.69) is 21.6 Å². The standard InChI is InChI=1S/C18H26ClN3O.ClH/c19-16-5-2-1-4-15(16)13-22-10-7-14(8-11-22)12-21-18(23)17-6-3-9-20-17;/h1-2,4-5,14,17,20H,3,6-13H2,(H,21,23);1H/t17-;/m0./s1. The first-order valence-electron chi connectivity index (χ1n) is 8.69. The van der Waals surface area contributed by atoms with Crippen molar-refractivity contribution in [3.05, 3.63) is 34.9 Å². The van der Waals surface area contributed by atoms with Crippen LogP contribution in [0.25, 0.3) is 0 Å². The normalized spacial score (nSPS) is 22.1. The summed E-state index contributed by atoms with van der Waals surface area (Å²) in [4.78, 5) is 14.5. The molecule has 134 valence electrons. The summed E-state index contributed by atoms with van der Waals surface area (Å²) in [6.07, 6.45) is 4.37. The van der Waals surface area contributed by atoms with Crippen LogP contribution in [-0.4, -0.2) is 43.0 Å². The molecule has 0 radical (unpaired) electrons. The lowest BCUT2D eigenvalue weighted by Gasteiger charge is -2.32. The number of hydrogen-bond acceptors (Lipinski definition) is 3. The Bertz CT molecular complexity index is 527. The van der Waals surface area contributed by atoms with Crippen molar-refractivity contribution in [2.75, 3.05) is 26.2 Å². The van der Waals surface area contributed by atoms with Gasteiger partial charge in [-0.2, -0.15) is 0 Å². The van der Waals surface area contributed by atoms with Gasteiger partial charge in [0.15, 0.2) is 0 Å². The predicted octanol–water partition coefficient (Wildman–Crippen LogP) is 2.84. The zero-order valence-corrected chi connectivity index (χ0v) is 15.5. The van der Waals surface area contributed by atoms with E-state index in [1.807, 2.05) is 18.2 Å². The summed E-state index contributed by atoms with van der Waals surface area (Å²) < 4.78 is 0. The largest absolute Gasteiger partial charge is 0.354 e. The van der Waals surface area contributed by atoms with Gasteiger partial charge in [-0.15, -0.1) is 12.4 Å². The van der Waals surface area contributed by atoms with Crippen LogP contribution in [-0.2, 0) is 11.3 Å². The molecule has 1 atom stereocenters. The first kappa shape index (κ1) is 19.5. The molecule has 1 aromatic carbocycles. The number of piperidine rings is 1. The van der Waals surface area contributed by atoms with E-state index in [0.717, 1.165) is 63.4 Å². The van der Waals surface area contributed by atoms with Gasteiger partial charge in [-0.05, 0) is 62.9 Å². The highest BCUT2D eigenvalue weighted by Gasteiger charge is 2.24. The molecular formula is C18H27Cl2N3O. The van der Waals surface area contributed by atoms with Gasteiger partial charge in [0.2, 0.25) is 5.91 Å². The first-order valence-corrected chi connectivity index (χ1v) is 9.07. The highest BCUT2D eigenvalue weighted by molar-refractivity contribution is 6.31. The van der Waals surface area contributed by atoms with E-state index in [9.17, 15) is 4.79 Å². The Morgan fingerprint density at radius 1 is 1.25 bits per heavy atom. The second kappa shape index (κ2) is 9.62. The number of likely N-dealkylation sites (tertiary alicyclic amines) is 1. The van der Waals surface area contributed by atoms with Gasteiger partial charge >= 0.3 is 0 Å². The van der Waals surface area contributed by atoms with Crippen LogP contribution < -0.4 is 10.6 Å². The second-order valence-electron chi connectivity index (χ2n) is 6.71. The predicted molar refractivity (Wildman–Crippen MR) is 101 cm³/mol. The van der Waals surface area contributed by atoms with E-state index in [1.54, 1.807) is 0 Å². The molecule has 24 heavy (non-hydrogen) atoms. The Hall–Kier alpha value is -0.810. The van der Waals surface area contributed by atoms with Gasteiger partial charge in [0.25, 0.3) is 0 Å². The molecule has 2 saturated heterocycles. The minimum absolute atomic E-state index is 0. The fraction of sp³-hybridized carbons (Fsp3) is 0.611. The Labute approximate surface area is 155 Å². The molecule has 0 unspecified atom stereocenters. The maximum Gasteiger partial charge on any atom is 0.237 e. The summed E-state index contributed by atoms with van der Waals surface area (Å²) in [5.41, 5.74) is 1.20. The van der Waals surface area contributed by atoms with Crippen LogP contribution >= 0.6 is 24.0 Å². The molecule has 0 spiro atoms. The molecule has 2 fully saturated rings. The van der Waals surface area contributed by atoms with Crippen molar-refractivity contribution in [3.8, 4) is 0 Å². The van der Waals surface area contributed by atoms with Gasteiger partial charge in [0.1, 0.15) is 0 Å². The molecule has 2 aliphatic rings. The lowest BCUT2D eigenvalue weighted by molar-refractivity contribution is -0.123. The molecule has 2 heterocycles. The monoisotopic (exact) mass is 371 g/mol. The third kappa shape index (κ3) is 5.35. The van der Waals surface area contributed by atoms with Crippen LogP contribution in [0.5, 0.6) is 0 Å². The molecule has 0 aromatic heterocycles. The number of rotatable bonds is 5. The maximum absolute atomic E-state index is 12.0. The van der Waals surface area contributed by atoms with E-state index in [1.165, 1.54) is 5.56 Å². The van der Waals surface area contributed by atoms with Crippen molar-refractivity contribution >= 4 is 29.9 Å². The van der Waals surface area contributed by atoms with Crippen LogP contribution in [0.15, 0.2) is 24.3 Å². The minimum Gasteiger partial charge on any atom is -0.354 e. The van der Waals surface area contributed by atoms with Gasteiger partial charge in [0, 0.05) is 18.1 Å². The molecule has 1 aromatic rings. The van der Waals surface area contributed by atoms with Crippen LogP contribution in [0.3, 0.4) is 0 Å². The summed E-state index contributed by atoms with van der Waals surface area (Å²) in [6, 6.07) is 8.11. The second-order valence-corrected chi connectivity index (χ2v) is 7.11. The number of benzene rings is 1. The van der Waals surface area contributed by atoms with E-state index in [0.29, 0.717) is 5.92 Å². The van der Waals surface area contributed by atoms with Crippen molar-refractivity contribution in [2.24, 2.45) is 5.92 Å². The number of nitrogens with zero attached hydrogens (tertiary/aromatic N) is 1. The number of nitrogens with one attached hydrogen (secondary N) is 2. The third-order valence-electron chi connectivity index (χ3n) is 5.00. The molecule has 0 aliphatic carbocycles. The summed E-state index contributed by atoms with van der Waals surface area (Å²) in [5.74, 6) is 0.781. The fourth-order valence-corrected chi connectivity index (χ4v) is 3.69. The molecule has 2 aliphatic heterocycles. The molecular weight excluding hydrogens is 345 g/mol. The van der Waals surface area contributed by atoms with Crippen LogP contribution in [0.4, 0.5) is 0 Å². The highest BCUT2D eigenvalue weighted by atomic mass is 35.5. The average molecular weight is 372 g/mol. The average Bonchev–Trinajstić information content (AvgIpc) is 3.11. The zero-order chi connectivity index (χ0) is 16.1. The van der Waals surface area contributed by atoms with Gasteiger partial charge in [-0.25, -0.2) is 0 Å². The van der Waals surface area contributed by atoms with Gasteiger partial charge in [0.05, 0.1) is 6.04 Å². The van der Waals surface area contributed by atoms with Crippen LogP contribution in [0.2, 0.25) is 5.02 Å². The van der Waals surface area contributed by atoms with Crippen LogP contribution in [0, 0.1) is 5.92 Å². The fourth-order valence-electron chi connectivity index (χ4n) is 3.49. The van der Waals surface area contributed by atoms with Crippen molar-refractivity contribution < 1.29 is 4.79 Å². The van der Waals surface area contributed by atoms with E-state index >= 15 is 0 Å². The van der Waals surface area contributed by atoms with E-state index in [4.69, 9.17) is 11.6 Å². The molecule has 6 heteroatoms. The van der Waals surface area contributed by atoms with Gasteiger partial charge < -0.3 is 10.6 Å². The minimum atomic E-state index is 0. The van der Waals surface area contributed by atoms with E-state index < -0.39 is 0 Å². The smallest absolute Gasteiger partial charge is 0.237 e. The van der Waals surface area contributed by atoms with E-state index in [-0.39, 0.29) is 24.4 Å². The maximum atomic E-state index is 12.0. The molecule has 2 N–H and O–H groups in total. The summed E-state index contributed by atoms with van der Waals surface area (Å²) >= 11 is 6.24. The molecule has 0 saturated carbocycles. The Morgan fingerprint density at radius 2 is 2.00 bits per heavy atom. The van der Waals surface area contributed by atoms with Crippen molar-refractivity contribution in [3.63, 3.8) is 0 Å². The summed E-state index contributed by atoms with van der Waals surface area (Å²) in [5, 5.41) is 7.23. The highest BCUT2D eigenvalue weighted by Crippen LogP contribution is 2.22. The quantitative estimate of drug-likeness (QED) is 0.836. The number of carbonyl (C=O) groups excluding carboxylic acids is 1. The SMILES string of the molecule is Cl.O=C(NCC1CCN(Cc2ccccc2Cl)CC1)[C@@H]1CCCN1. The topological polar surface area (TPSA) is 44.4 Å². The molecule has 0 bridgehead atoms. The van der Waals surface area contributed by atoms with Gasteiger partial charge in [-0.3, -0.25) is 9.69 Å². The van der Waals surface area contributed by atoms with Crippen molar-refractivity contribution in [2.45, 2.75) is 38.3 Å². The summed E-state index contributed by atoms with van der Waals surface area (Å²) in [7, 11) is 0. The van der Waals surface area contributed by atoms with Crippen LogP contribution in [0.1, 0.15) is 31.2 Å². The van der Waals surface area contributed by atoms with Crippen molar-refractivity contribution in [1.29, 1.82) is 0 Å². The Kier molecular flexibility index (Phi) is 7.82.